The van der Waals surface area contributed by atoms with E-state index in [4.69, 9.17) is 11.6 Å². The second kappa shape index (κ2) is 6.18. The van der Waals surface area contributed by atoms with E-state index in [1.54, 1.807) is 16.7 Å². The van der Waals surface area contributed by atoms with E-state index < -0.39 is 17.5 Å². The second-order valence-electron chi connectivity index (χ2n) is 4.67. The second-order valence-corrected chi connectivity index (χ2v) is 5.03. The van der Waals surface area contributed by atoms with Crippen LogP contribution in [0.5, 0.6) is 0 Å². The van der Waals surface area contributed by atoms with Crippen LogP contribution in [-0.4, -0.2) is 15.3 Å². The smallest absolute Gasteiger partial charge is 0.248 e. The molecule has 1 aromatic carbocycles. The van der Waals surface area contributed by atoms with Gasteiger partial charge in [-0.1, -0.05) is 17.7 Å². The maximum atomic E-state index is 13.1. The summed E-state index contributed by atoms with van der Waals surface area (Å²) in [6.07, 6.45) is 4.50. The van der Waals surface area contributed by atoms with Crippen LogP contribution >= 0.6 is 11.6 Å². The first-order valence-electron chi connectivity index (χ1n) is 6.61. The molecule has 2 heterocycles. The summed E-state index contributed by atoms with van der Waals surface area (Å²) in [5.74, 6) is -2.51. The van der Waals surface area contributed by atoms with Crippen molar-refractivity contribution >= 4 is 34.9 Å². The molecule has 2 aromatic heterocycles. The Labute approximate surface area is 135 Å². The van der Waals surface area contributed by atoms with E-state index in [0.717, 1.165) is 12.1 Å². The van der Waals surface area contributed by atoms with Gasteiger partial charge in [0, 0.05) is 24.0 Å². The lowest BCUT2D eigenvalue weighted by atomic mass is 10.3. The molecule has 7 heteroatoms. The number of nitrogens with zero attached hydrogens (tertiary/aromatic N) is 2. The summed E-state index contributed by atoms with van der Waals surface area (Å²) in [6, 6.07) is 8.53. The van der Waals surface area contributed by atoms with Crippen LogP contribution in [0.2, 0.25) is 5.15 Å². The summed E-state index contributed by atoms with van der Waals surface area (Å²) in [5, 5.41) is 2.69. The molecule has 1 N–H and O–H groups in total. The number of imidazole rings is 1. The monoisotopic (exact) mass is 333 g/mol. The molecule has 0 unspecified atom stereocenters. The third-order valence-corrected chi connectivity index (χ3v) is 3.38. The number of anilines is 1. The van der Waals surface area contributed by atoms with Gasteiger partial charge in [0.15, 0.2) is 16.8 Å². The van der Waals surface area contributed by atoms with Gasteiger partial charge < -0.3 is 5.32 Å². The lowest BCUT2D eigenvalue weighted by Crippen LogP contribution is -2.08. The largest absolute Gasteiger partial charge is 0.322 e. The lowest BCUT2D eigenvalue weighted by molar-refractivity contribution is -0.111. The van der Waals surface area contributed by atoms with Crippen molar-refractivity contribution < 1.29 is 13.6 Å². The summed E-state index contributed by atoms with van der Waals surface area (Å²) in [4.78, 5) is 16.0. The molecule has 0 bridgehead atoms. The van der Waals surface area contributed by atoms with Crippen LogP contribution in [0, 0.1) is 11.6 Å². The number of amides is 1. The number of nitrogens with one attached hydrogen (secondary N) is 1. The summed E-state index contributed by atoms with van der Waals surface area (Å²) < 4.78 is 27.7. The zero-order valence-electron chi connectivity index (χ0n) is 11.6. The molecule has 0 atom stereocenters. The Kier molecular flexibility index (Phi) is 4.08. The Morgan fingerprint density at radius 2 is 2.04 bits per heavy atom. The first kappa shape index (κ1) is 15.2. The van der Waals surface area contributed by atoms with Gasteiger partial charge in [-0.2, -0.15) is 0 Å². The predicted octanol–water partition coefficient (Wildman–Crippen LogP) is 3.92. The molecule has 0 spiro atoms. The molecular weight excluding hydrogens is 324 g/mol. The summed E-state index contributed by atoms with van der Waals surface area (Å²) in [5.41, 5.74) is 1.35. The van der Waals surface area contributed by atoms with Crippen LogP contribution in [0.4, 0.5) is 14.5 Å². The molecule has 4 nitrogen and oxygen atoms in total. The summed E-state index contributed by atoms with van der Waals surface area (Å²) >= 11 is 6.04. The molecular formula is C16H10ClF2N3O. The standard InChI is InChI=1S/C16H10ClF2N3O/c17-16-13(22-8-2-1-3-14(22)21-16)6-7-15(23)20-10-4-5-11(18)12(19)9-10/h1-9H,(H,20,23). The molecule has 0 saturated heterocycles. The third-order valence-electron chi connectivity index (χ3n) is 3.10. The van der Waals surface area contributed by atoms with Gasteiger partial charge in [0.05, 0.1) is 5.69 Å². The fourth-order valence-electron chi connectivity index (χ4n) is 2.05. The van der Waals surface area contributed by atoms with E-state index in [0.29, 0.717) is 11.3 Å². The van der Waals surface area contributed by atoms with Crippen molar-refractivity contribution in [2.24, 2.45) is 0 Å². The molecule has 0 aliphatic carbocycles. The summed E-state index contributed by atoms with van der Waals surface area (Å²) in [7, 11) is 0. The van der Waals surface area contributed by atoms with Gasteiger partial charge in [0.2, 0.25) is 5.91 Å². The minimum absolute atomic E-state index is 0.155. The fraction of sp³-hybridized carbons (Fsp3) is 0. The Morgan fingerprint density at radius 1 is 1.22 bits per heavy atom. The lowest BCUT2D eigenvalue weighted by Gasteiger charge is -2.02. The molecule has 0 aliphatic rings. The van der Waals surface area contributed by atoms with Crippen LogP contribution in [0.25, 0.3) is 11.7 Å². The maximum absolute atomic E-state index is 13.1. The molecule has 0 radical (unpaired) electrons. The average Bonchev–Trinajstić information content (AvgIpc) is 2.84. The van der Waals surface area contributed by atoms with Crippen LogP contribution in [0.3, 0.4) is 0 Å². The van der Waals surface area contributed by atoms with Crippen molar-refractivity contribution in [2.75, 3.05) is 5.32 Å². The van der Waals surface area contributed by atoms with Crippen LogP contribution < -0.4 is 5.32 Å². The van der Waals surface area contributed by atoms with E-state index in [1.165, 1.54) is 18.2 Å². The number of benzene rings is 1. The SMILES string of the molecule is O=C(C=Cc1c(Cl)nc2ccccn12)Nc1ccc(F)c(F)c1. The minimum Gasteiger partial charge on any atom is -0.322 e. The molecule has 0 fully saturated rings. The van der Waals surface area contributed by atoms with E-state index in [-0.39, 0.29) is 10.8 Å². The van der Waals surface area contributed by atoms with Gasteiger partial charge in [-0.15, -0.1) is 0 Å². The number of halogens is 3. The molecule has 3 rings (SSSR count). The minimum atomic E-state index is -1.03. The Hall–Kier alpha value is -2.73. The van der Waals surface area contributed by atoms with Crippen molar-refractivity contribution in [1.29, 1.82) is 0 Å². The van der Waals surface area contributed by atoms with Crippen molar-refractivity contribution in [3.63, 3.8) is 0 Å². The van der Waals surface area contributed by atoms with Crippen LogP contribution in [0.1, 0.15) is 5.69 Å². The van der Waals surface area contributed by atoms with E-state index in [2.05, 4.69) is 10.3 Å². The maximum Gasteiger partial charge on any atom is 0.248 e. The summed E-state index contributed by atoms with van der Waals surface area (Å²) in [6.45, 7) is 0. The Balaban J connectivity index is 1.80. The quantitative estimate of drug-likeness (QED) is 0.738. The van der Waals surface area contributed by atoms with Crippen molar-refractivity contribution in [3.8, 4) is 0 Å². The highest BCUT2D eigenvalue weighted by Crippen LogP contribution is 2.19. The fourth-order valence-corrected chi connectivity index (χ4v) is 2.29. The number of rotatable bonds is 3. The zero-order valence-corrected chi connectivity index (χ0v) is 12.4. The number of pyridine rings is 1. The van der Waals surface area contributed by atoms with Gasteiger partial charge in [0.1, 0.15) is 5.65 Å². The van der Waals surface area contributed by atoms with Crippen molar-refractivity contribution in [1.82, 2.24) is 9.38 Å². The van der Waals surface area contributed by atoms with Gasteiger partial charge in [0.25, 0.3) is 0 Å². The van der Waals surface area contributed by atoms with Gasteiger partial charge in [-0.25, -0.2) is 13.8 Å². The Morgan fingerprint density at radius 3 is 2.83 bits per heavy atom. The molecule has 23 heavy (non-hydrogen) atoms. The third kappa shape index (κ3) is 3.22. The molecule has 0 saturated carbocycles. The van der Waals surface area contributed by atoms with E-state index >= 15 is 0 Å². The van der Waals surface area contributed by atoms with Crippen molar-refractivity contribution in [2.45, 2.75) is 0 Å². The highest BCUT2D eigenvalue weighted by molar-refractivity contribution is 6.31. The first-order valence-corrected chi connectivity index (χ1v) is 6.99. The number of carbonyl (C=O) groups is 1. The predicted molar refractivity (Wildman–Crippen MR) is 84.2 cm³/mol. The number of carbonyl (C=O) groups excluding carboxylic acids is 1. The molecule has 3 aromatic rings. The van der Waals surface area contributed by atoms with Crippen LogP contribution in [0.15, 0.2) is 48.7 Å². The highest BCUT2D eigenvalue weighted by atomic mass is 35.5. The van der Waals surface area contributed by atoms with E-state index in [9.17, 15) is 13.6 Å². The van der Waals surface area contributed by atoms with Crippen molar-refractivity contribution in [3.05, 3.63) is 71.2 Å². The topological polar surface area (TPSA) is 46.4 Å². The zero-order chi connectivity index (χ0) is 16.4. The van der Waals surface area contributed by atoms with Gasteiger partial charge >= 0.3 is 0 Å². The molecule has 1 amide bonds. The number of aromatic nitrogens is 2. The molecule has 0 aliphatic heterocycles. The average molecular weight is 334 g/mol. The van der Waals surface area contributed by atoms with Gasteiger partial charge in [-0.3, -0.25) is 9.20 Å². The highest BCUT2D eigenvalue weighted by Gasteiger charge is 2.08. The van der Waals surface area contributed by atoms with E-state index in [1.807, 2.05) is 12.1 Å². The van der Waals surface area contributed by atoms with Crippen LogP contribution in [-0.2, 0) is 4.79 Å². The molecule has 116 valence electrons. The number of hydrogen-bond acceptors (Lipinski definition) is 2. The number of fused-ring (bicyclic) bond motifs is 1. The first-order chi connectivity index (χ1) is 11.0. The van der Waals surface area contributed by atoms with Gasteiger partial charge in [-0.05, 0) is 30.3 Å². The Bertz CT molecular complexity index is 921. The number of hydrogen-bond donors (Lipinski definition) is 1. The normalized spacial score (nSPS) is 11.3.